The summed E-state index contributed by atoms with van der Waals surface area (Å²) in [7, 11) is 0. The SMILES string of the molecule is NC(=NO)c1ccccc1Oc1ccc([N+](=O)[O-])c(F)c1. The number of amidine groups is 1. The second-order valence-electron chi connectivity index (χ2n) is 3.95. The molecule has 8 heteroatoms. The zero-order valence-electron chi connectivity index (χ0n) is 10.6. The number of hydrogen-bond acceptors (Lipinski definition) is 5. The van der Waals surface area contributed by atoms with Crippen LogP contribution in [-0.2, 0) is 0 Å². The Morgan fingerprint density at radius 2 is 2.05 bits per heavy atom. The highest BCUT2D eigenvalue weighted by Gasteiger charge is 2.15. The number of nitro groups is 1. The monoisotopic (exact) mass is 291 g/mol. The van der Waals surface area contributed by atoms with Gasteiger partial charge in [0, 0.05) is 12.1 Å². The average molecular weight is 291 g/mol. The standard InChI is InChI=1S/C13H10FN3O4/c14-10-7-8(5-6-11(10)17(19)20)21-12-4-2-1-3-9(12)13(15)16-18/h1-7,18H,(H2,15,16). The van der Waals surface area contributed by atoms with Crippen molar-refractivity contribution in [2.45, 2.75) is 0 Å². The molecule has 0 aliphatic carbocycles. The van der Waals surface area contributed by atoms with Crippen molar-refractivity contribution >= 4 is 11.5 Å². The van der Waals surface area contributed by atoms with Gasteiger partial charge in [0.15, 0.2) is 5.84 Å². The molecule has 0 radical (unpaired) electrons. The van der Waals surface area contributed by atoms with Gasteiger partial charge in [0.25, 0.3) is 0 Å². The van der Waals surface area contributed by atoms with Crippen LogP contribution in [0.4, 0.5) is 10.1 Å². The van der Waals surface area contributed by atoms with Crippen LogP contribution in [0, 0.1) is 15.9 Å². The molecule has 0 spiro atoms. The molecule has 0 heterocycles. The molecule has 2 rings (SSSR count). The summed E-state index contributed by atoms with van der Waals surface area (Å²) in [6, 6.07) is 9.52. The van der Waals surface area contributed by atoms with Crippen molar-refractivity contribution in [3.8, 4) is 11.5 Å². The Labute approximate surface area is 118 Å². The molecule has 0 aromatic heterocycles. The van der Waals surface area contributed by atoms with Crippen LogP contribution in [0.3, 0.4) is 0 Å². The molecule has 7 nitrogen and oxygen atoms in total. The minimum atomic E-state index is -1.02. The summed E-state index contributed by atoms with van der Waals surface area (Å²) >= 11 is 0. The van der Waals surface area contributed by atoms with Gasteiger partial charge < -0.3 is 15.7 Å². The molecule has 0 unspecified atom stereocenters. The van der Waals surface area contributed by atoms with Gasteiger partial charge in [0.1, 0.15) is 11.5 Å². The first-order valence-electron chi connectivity index (χ1n) is 5.71. The number of nitro benzene ring substituents is 1. The molecule has 0 bridgehead atoms. The normalized spacial score (nSPS) is 11.2. The van der Waals surface area contributed by atoms with Crippen molar-refractivity contribution in [2.24, 2.45) is 10.9 Å². The molecule has 3 N–H and O–H groups in total. The largest absolute Gasteiger partial charge is 0.456 e. The van der Waals surface area contributed by atoms with Crippen molar-refractivity contribution in [1.82, 2.24) is 0 Å². The Morgan fingerprint density at radius 3 is 2.67 bits per heavy atom. The van der Waals surface area contributed by atoms with Gasteiger partial charge in [-0.25, -0.2) is 0 Å². The smallest absolute Gasteiger partial charge is 0.305 e. The molecule has 0 amide bonds. The van der Waals surface area contributed by atoms with Gasteiger partial charge in [-0.15, -0.1) is 0 Å². The number of nitrogens with two attached hydrogens (primary N) is 1. The van der Waals surface area contributed by atoms with Crippen LogP contribution in [0.1, 0.15) is 5.56 Å². The molecular formula is C13H10FN3O4. The maximum absolute atomic E-state index is 13.5. The average Bonchev–Trinajstić information content (AvgIpc) is 2.46. The fraction of sp³-hybridized carbons (Fsp3) is 0. The number of benzene rings is 2. The minimum Gasteiger partial charge on any atom is -0.456 e. The molecule has 0 fully saturated rings. The van der Waals surface area contributed by atoms with Crippen LogP contribution in [0.5, 0.6) is 11.5 Å². The van der Waals surface area contributed by atoms with Gasteiger partial charge >= 0.3 is 5.69 Å². The summed E-state index contributed by atoms with van der Waals surface area (Å²) in [5, 5.41) is 22.1. The molecule has 0 saturated carbocycles. The number of ether oxygens (including phenoxy) is 1. The molecule has 0 atom stereocenters. The predicted octanol–water partition coefficient (Wildman–Crippen LogP) is 2.62. The summed E-state index contributed by atoms with van der Waals surface area (Å²) in [5.74, 6) is -0.913. The third-order valence-corrected chi connectivity index (χ3v) is 2.61. The van der Waals surface area contributed by atoms with E-state index < -0.39 is 16.4 Å². The van der Waals surface area contributed by atoms with Crippen molar-refractivity contribution in [1.29, 1.82) is 0 Å². The van der Waals surface area contributed by atoms with Crippen molar-refractivity contribution in [3.05, 3.63) is 64.0 Å². The lowest BCUT2D eigenvalue weighted by Gasteiger charge is -2.10. The summed E-state index contributed by atoms with van der Waals surface area (Å²) in [6.45, 7) is 0. The van der Waals surface area contributed by atoms with E-state index in [4.69, 9.17) is 15.7 Å². The van der Waals surface area contributed by atoms with Crippen LogP contribution in [-0.4, -0.2) is 16.0 Å². The van der Waals surface area contributed by atoms with E-state index >= 15 is 0 Å². The fourth-order valence-electron chi connectivity index (χ4n) is 1.65. The van der Waals surface area contributed by atoms with Gasteiger partial charge in [-0.3, -0.25) is 10.1 Å². The zero-order valence-corrected chi connectivity index (χ0v) is 10.6. The highest BCUT2D eigenvalue weighted by atomic mass is 19.1. The summed E-state index contributed by atoms with van der Waals surface area (Å²) in [4.78, 5) is 9.71. The van der Waals surface area contributed by atoms with E-state index in [9.17, 15) is 14.5 Å². The van der Waals surface area contributed by atoms with E-state index in [1.54, 1.807) is 18.2 Å². The summed E-state index contributed by atoms with van der Waals surface area (Å²) < 4.78 is 18.9. The van der Waals surface area contributed by atoms with Gasteiger partial charge in [-0.2, -0.15) is 4.39 Å². The maximum atomic E-state index is 13.5. The highest BCUT2D eigenvalue weighted by molar-refractivity contribution is 5.99. The van der Waals surface area contributed by atoms with Gasteiger partial charge in [0.05, 0.1) is 10.5 Å². The first-order valence-corrected chi connectivity index (χ1v) is 5.71. The minimum absolute atomic E-state index is 0.0521. The Balaban J connectivity index is 2.35. The number of nitrogens with zero attached hydrogens (tertiary/aromatic N) is 2. The van der Waals surface area contributed by atoms with Gasteiger partial charge in [-0.05, 0) is 18.2 Å². The van der Waals surface area contributed by atoms with Crippen LogP contribution < -0.4 is 10.5 Å². The Bertz CT molecular complexity index is 718. The van der Waals surface area contributed by atoms with Crippen LogP contribution in [0.2, 0.25) is 0 Å². The third-order valence-electron chi connectivity index (χ3n) is 2.61. The number of halogens is 1. The van der Waals surface area contributed by atoms with E-state index in [-0.39, 0.29) is 17.3 Å². The number of para-hydroxylation sites is 1. The third kappa shape index (κ3) is 3.06. The number of hydrogen-bond donors (Lipinski definition) is 2. The molecule has 0 aliphatic rings. The van der Waals surface area contributed by atoms with Crippen molar-refractivity contribution < 1.29 is 19.3 Å². The summed E-state index contributed by atoms with van der Waals surface area (Å²) in [6.07, 6.45) is 0. The van der Waals surface area contributed by atoms with Crippen LogP contribution in [0.25, 0.3) is 0 Å². The second-order valence-corrected chi connectivity index (χ2v) is 3.95. The predicted molar refractivity (Wildman–Crippen MR) is 72.1 cm³/mol. The molecule has 108 valence electrons. The lowest BCUT2D eigenvalue weighted by Crippen LogP contribution is -2.14. The lowest BCUT2D eigenvalue weighted by molar-refractivity contribution is -0.387. The molecular weight excluding hydrogens is 281 g/mol. The molecule has 2 aromatic rings. The fourth-order valence-corrected chi connectivity index (χ4v) is 1.65. The number of rotatable bonds is 4. The van der Waals surface area contributed by atoms with E-state index in [1.807, 2.05) is 0 Å². The molecule has 0 aliphatic heterocycles. The van der Waals surface area contributed by atoms with E-state index in [0.29, 0.717) is 5.56 Å². The van der Waals surface area contributed by atoms with Gasteiger partial charge in [0.2, 0.25) is 5.82 Å². The van der Waals surface area contributed by atoms with Crippen molar-refractivity contribution in [2.75, 3.05) is 0 Å². The first kappa shape index (κ1) is 14.3. The Kier molecular flexibility index (Phi) is 3.98. The zero-order chi connectivity index (χ0) is 15.4. The van der Waals surface area contributed by atoms with E-state index in [1.165, 1.54) is 12.1 Å². The lowest BCUT2D eigenvalue weighted by atomic mass is 10.2. The Hall–Kier alpha value is -3.16. The maximum Gasteiger partial charge on any atom is 0.305 e. The molecule has 21 heavy (non-hydrogen) atoms. The van der Waals surface area contributed by atoms with Crippen LogP contribution in [0.15, 0.2) is 47.6 Å². The van der Waals surface area contributed by atoms with E-state index in [2.05, 4.69) is 5.16 Å². The highest BCUT2D eigenvalue weighted by Crippen LogP contribution is 2.28. The molecule has 2 aromatic carbocycles. The van der Waals surface area contributed by atoms with E-state index in [0.717, 1.165) is 12.1 Å². The number of oxime groups is 1. The second kappa shape index (κ2) is 5.87. The van der Waals surface area contributed by atoms with Crippen LogP contribution >= 0.6 is 0 Å². The first-order chi connectivity index (χ1) is 10.0. The topological polar surface area (TPSA) is 111 Å². The van der Waals surface area contributed by atoms with Gasteiger partial charge in [-0.1, -0.05) is 17.3 Å². The molecule has 0 saturated heterocycles. The van der Waals surface area contributed by atoms with Crippen molar-refractivity contribution in [3.63, 3.8) is 0 Å². The summed E-state index contributed by atoms with van der Waals surface area (Å²) in [5.41, 5.74) is 5.16. The Morgan fingerprint density at radius 1 is 1.33 bits per heavy atom. The quantitative estimate of drug-likeness (QED) is 0.296.